The highest BCUT2D eigenvalue weighted by atomic mass is 16.5. The lowest BCUT2D eigenvalue weighted by atomic mass is 10.0. The zero-order valence-corrected chi connectivity index (χ0v) is 11.2. The van der Waals surface area contributed by atoms with Crippen LogP contribution in [0.3, 0.4) is 0 Å². The molecule has 0 fully saturated rings. The molecule has 0 saturated heterocycles. The first kappa shape index (κ1) is 11.7. The quantitative estimate of drug-likeness (QED) is 0.704. The number of imidazole rings is 1. The van der Waals surface area contributed by atoms with Crippen molar-refractivity contribution >= 4 is 5.78 Å². The molecule has 19 heavy (non-hydrogen) atoms. The molecule has 0 aliphatic rings. The van der Waals surface area contributed by atoms with Crippen LogP contribution in [0, 0.1) is 13.8 Å². The Morgan fingerprint density at radius 1 is 1.11 bits per heavy atom. The minimum absolute atomic E-state index is 0.718. The predicted molar refractivity (Wildman–Crippen MR) is 74.4 cm³/mol. The van der Waals surface area contributed by atoms with Gasteiger partial charge in [0.15, 0.2) is 0 Å². The Labute approximate surface area is 111 Å². The van der Waals surface area contributed by atoms with Gasteiger partial charge in [-0.25, -0.2) is 9.97 Å². The highest BCUT2D eigenvalue weighted by molar-refractivity contribution is 5.69. The van der Waals surface area contributed by atoms with Crippen LogP contribution in [0.25, 0.3) is 17.0 Å². The molecular weight excluding hydrogens is 238 g/mol. The number of nitrogens with zero attached hydrogens (tertiary/aromatic N) is 3. The summed E-state index contributed by atoms with van der Waals surface area (Å²) in [5, 5.41) is 0. The van der Waals surface area contributed by atoms with Crippen molar-refractivity contribution in [3.63, 3.8) is 0 Å². The largest absolute Gasteiger partial charge is 0.497 e. The summed E-state index contributed by atoms with van der Waals surface area (Å²) < 4.78 is 7.28. The van der Waals surface area contributed by atoms with E-state index in [1.807, 2.05) is 28.9 Å². The molecule has 0 bridgehead atoms. The highest BCUT2D eigenvalue weighted by Crippen LogP contribution is 2.29. The van der Waals surface area contributed by atoms with Gasteiger partial charge in [0, 0.05) is 24.2 Å². The summed E-state index contributed by atoms with van der Waals surface area (Å²) >= 11 is 0. The molecule has 0 N–H and O–H groups in total. The molecule has 0 radical (unpaired) electrons. The Hall–Kier alpha value is -2.36. The molecule has 3 rings (SSSR count). The average molecular weight is 253 g/mol. The smallest absolute Gasteiger partial charge is 0.234 e. The van der Waals surface area contributed by atoms with E-state index in [-0.39, 0.29) is 0 Å². The number of aromatic nitrogens is 3. The first-order valence-corrected chi connectivity index (χ1v) is 6.14. The van der Waals surface area contributed by atoms with E-state index in [1.165, 1.54) is 11.1 Å². The van der Waals surface area contributed by atoms with Gasteiger partial charge < -0.3 is 4.74 Å². The maximum absolute atomic E-state index is 5.26. The molecule has 2 heterocycles. The van der Waals surface area contributed by atoms with E-state index in [0.29, 0.717) is 0 Å². The Morgan fingerprint density at radius 3 is 2.68 bits per heavy atom. The third-order valence-corrected chi connectivity index (χ3v) is 3.30. The fourth-order valence-electron chi connectivity index (χ4n) is 2.34. The molecule has 4 heteroatoms. The SMILES string of the molecule is COc1ccc(-c2c(C)cnc3nccn23)c(C)c1. The van der Waals surface area contributed by atoms with Crippen molar-refractivity contribution in [3.8, 4) is 17.0 Å². The second-order valence-electron chi connectivity index (χ2n) is 4.57. The van der Waals surface area contributed by atoms with Crippen LogP contribution in [-0.4, -0.2) is 21.5 Å². The topological polar surface area (TPSA) is 39.4 Å². The summed E-state index contributed by atoms with van der Waals surface area (Å²) in [7, 11) is 1.68. The average Bonchev–Trinajstić information content (AvgIpc) is 2.88. The fourth-order valence-corrected chi connectivity index (χ4v) is 2.34. The number of hydrogen-bond donors (Lipinski definition) is 0. The minimum atomic E-state index is 0.718. The molecule has 96 valence electrons. The van der Waals surface area contributed by atoms with Gasteiger partial charge in [0.05, 0.1) is 12.8 Å². The molecule has 0 saturated carbocycles. The summed E-state index contributed by atoms with van der Waals surface area (Å²) in [4.78, 5) is 8.55. The van der Waals surface area contributed by atoms with E-state index in [1.54, 1.807) is 13.3 Å². The molecule has 3 aromatic rings. The van der Waals surface area contributed by atoms with Crippen molar-refractivity contribution in [3.05, 3.63) is 47.9 Å². The summed E-state index contributed by atoms with van der Waals surface area (Å²) in [5.74, 6) is 1.59. The summed E-state index contributed by atoms with van der Waals surface area (Å²) in [6.07, 6.45) is 5.57. The van der Waals surface area contributed by atoms with E-state index in [4.69, 9.17) is 4.74 Å². The van der Waals surface area contributed by atoms with E-state index >= 15 is 0 Å². The van der Waals surface area contributed by atoms with E-state index in [2.05, 4.69) is 29.9 Å². The molecule has 2 aromatic heterocycles. The van der Waals surface area contributed by atoms with Gasteiger partial charge in [0.25, 0.3) is 0 Å². The number of benzene rings is 1. The maximum Gasteiger partial charge on any atom is 0.234 e. The lowest BCUT2D eigenvalue weighted by Gasteiger charge is -2.12. The lowest BCUT2D eigenvalue weighted by Crippen LogP contribution is -1.99. The zero-order valence-electron chi connectivity index (χ0n) is 11.2. The molecule has 0 aliphatic carbocycles. The Kier molecular flexibility index (Phi) is 2.71. The van der Waals surface area contributed by atoms with Gasteiger partial charge in [0.2, 0.25) is 5.78 Å². The zero-order chi connectivity index (χ0) is 13.4. The van der Waals surface area contributed by atoms with Gasteiger partial charge >= 0.3 is 0 Å². The maximum atomic E-state index is 5.26. The number of rotatable bonds is 2. The van der Waals surface area contributed by atoms with E-state index in [0.717, 1.165) is 22.8 Å². The summed E-state index contributed by atoms with van der Waals surface area (Å²) in [6, 6.07) is 6.10. The number of hydrogen-bond acceptors (Lipinski definition) is 3. The van der Waals surface area contributed by atoms with Crippen molar-refractivity contribution in [1.29, 1.82) is 0 Å². The molecule has 0 atom stereocenters. The van der Waals surface area contributed by atoms with Gasteiger partial charge in [-0.05, 0) is 43.2 Å². The van der Waals surface area contributed by atoms with E-state index in [9.17, 15) is 0 Å². The molecule has 0 spiro atoms. The number of aryl methyl sites for hydroxylation is 2. The molecular formula is C15H15N3O. The van der Waals surface area contributed by atoms with Crippen LogP contribution in [0.5, 0.6) is 5.75 Å². The first-order valence-electron chi connectivity index (χ1n) is 6.14. The van der Waals surface area contributed by atoms with Gasteiger partial charge in [0.1, 0.15) is 5.75 Å². The summed E-state index contributed by atoms with van der Waals surface area (Å²) in [6.45, 7) is 4.14. The van der Waals surface area contributed by atoms with Gasteiger partial charge in [-0.15, -0.1) is 0 Å². The van der Waals surface area contributed by atoms with Crippen molar-refractivity contribution in [1.82, 2.24) is 14.4 Å². The Balaban J connectivity index is 2.29. The number of ether oxygens (including phenoxy) is 1. The normalized spacial score (nSPS) is 10.9. The number of methoxy groups -OCH3 is 1. The number of fused-ring (bicyclic) bond motifs is 1. The van der Waals surface area contributed by atoms with Crippen LogP contribution in [0.4, 0.5) is 0 Å². The van der Waals surface area contributed by atoms with Crippen molar-refractivity contribution < 1.29 is 4.74 Å². The Morgan fingerprint density at radius 2 is 1.95 bits per heavy atom. The minimum Gasteiger partial charge on any atom is -0.497 e. The molecule has 1 aromatic carbocycles. The second kappa shape index (κ2) is 4.39. The van der Waals surface area contributed by atoms with Crippen molar-refractivity contribution in [2.24, 2.45) is 0 Å². The second-order valence-corrected chi connectivity index (χ2v) is 4.57. The van der Waals surface area contributed by atoms with Gasteiger partial charge in [-0.2, -0.15) is 0 Å². The standard InChI is InChI=1S/C15H15N3O/c1-10-8-12(19-3)4-5-13(10)14-11(2)9-17-15-16-6-7-18(14)15/h4-9H,1-3H3. The third-order valence-electron chi connectivity index (χ3n) is 3.30. The van der Waals surface area contributed by atoms with Gasteiger partial charge in [-0.3, -0.25) is 4.40 Å². The van der Waals surface area contributed by atoms with Crippen LogP contribution in [0.2, 0.25) is 0 Å². The molecule has 0 unspecified atom stereocenters. The molecule has 0 amide bonds. The van der Waals surface area contributed by atoms with Crippen LogP contribution < -0.4 is 4.74 Å². The van der Waals surface area contributed by atoms with Crippen LogP contribution in [0.15, 0.2) is 36.8 Å². The van der Waals surface area contributed by atoms with Crippen LogP contribution in [-0.2, 0) is 0 Å². The first-order chi connectivity index (χ1) is 9.20. The molecule has 0 aliphatic heterocycles. The van der Waals surface area contributed by atoms with Crippen molar-refractivity contribution in [2.45, 2.75) is 13.8 Å². The third kappa shape index (κ3) is 1.85. The lowest BCUT2D eigenvalue weighted by molar-refractivity contribution is 0.414. The predicted octanol–water partition coefficient (Wildman–Crippen LogP) is 3.02. The van der Waals surface area contributed by atoms with Crippen molar-refractivity contribution in [2.75, 3.05) is 7.11 Å². The monoisotopic (exact) mass is 253 g/mol. The molecule has 4 nitrogen and oxygen atoms in total. The fraction of sp³-hybridized carbons (Fsp3) is 0.200. The van der Waals surface area contributed by atoms with Crippen LogP contribution >= 0.6 is 0 Å². The van der Waals surface area contributed by atoms with E-state index < -0.39 is 0 Å². The Bertz CT molecular complexity index is 746. The highest BCUT2D eigenvalue weighted by Gasteiger charge is 2.11. The van der Waals surface area contributed by atoms with Gasteiger partial charge in [-0.1, -0.05) is 0 Å². The summed E-state index contributed by atoms with van der Waals surface area (Å²) in [5.41, 5.74) is 4.59. The van der Waals surface area contributed by atoms with Crippen LogP contribution in [0.1, 0.15) is 11.1 Å².